The molecule has 0 heterocycles. The molecular weight excluding hydrogens is 292 g/mol. The van der Waals surface area contributed by atoms with Gasteiger partial charge in [-0.1, -0.05) is 54.6 Å². The number of benzene rings is 2. The SMILES string of the molecule is CN(Cc1ccccc1)C(=O)NCc1ccccc1CC(=O)O. The van der Waals surface area contributed by atoms with Crippen LogP contribution in [0.15, 0.2) is 54.6 Å². The fourth-order valence-electron chi connectivity index (χ4n) is 2.30. The summed E-state index contributed by atoms with van der Waals surface area (Å²) in [6.45, 7) is 0.824. The van der Waals surface area contributed by atoms with Gasteiger partial charge in [0.25, 0.3) is 0 Å². The van der Waals surface area contributed by atoms with Gasteiger partial charge in [-0.05, 0) is 16.7 Å². The average molecular weight is 312 g/mol. The largest absolute Gasteiger partial charge is 0.481 e. The fourth-order valence-corrected chi connectivity index (χ4v) is 2.30. The van der Waals surface area contributed by atoms with E-state index in [1.807, 2.05) is 42.5 Å². The Morgan fingerprint density at radius 1 is 1.00 bits per heavy atom. The van der Waals surface area contributed by atoms with Crippen molar-refractivity contribution in [2.45, 2.75) is 19.5 Å². The number of hydrogen-bond acceptors (Lipinski definition) is 2. The van der Waals surface area contributed by atoms with Crippen LogP contribution in [0.3, 0.4) is 0 Å². The third kappa shape index (κ3) is 5.14. The van der Waals surface area contributed by atoms with Crippen molar-refractivity contribution < 1.29 is 14.7 Å². The molecular formula is C18H20N2O3. The molecule has 0 aliphatic carbocycles. The van der Waals surface area contributed by atoms with Crippen LogP contribution in [-0.4, -0.2) is 29.1 Å². The quantitative estimate of drug-likeness (QED) is 0.861. The molecule has 2 aromatic carbocycles. The molecule has 0 saturated heterocycles. The van der Waals surface area contributed by atoms with E-state index in [-0.39, 0.29) is 12.5 Å². The predicted molar refractivity (Wildman–Crippen MR) is 87.9 cm³/mol. The number of carbonyl (C=O) groups excluding carboxylic acids is 1. The standard InChI is InChI=1S/C18H20N2O3/c1-20(13-14-7-3-2-4-8-14)18(23)19-12-16-10-6-5-9-15(16)11-17(21)22/h2-10H,11-13H2,1H3,(H,19,23)(H,21,22). The molecule has 2 rings (SSSR count). The number of carboxylic acid groups (broad SMARTS) is 1. The lowest BCUT2D eigenvalue weighted by molar-refractivity contribution is -0.136. The summed E-state index contributed by atoms with van der Waals surface area (Å²) in [7, 11) is 1.73. The lowest BCUT2D eigenvalue weighted by Crippen LogP contribution is -2.36. The van der Waals surface area contributed by atoms with E-state index in [1.165, 1.54) is 0 Å². The second-order valence-electron chi connectivity index (χ2n) is 5.34. The lowest BCUT2D eigenvalue weighted by Gasteiger charge is -2.18. The van der Waals surface area contributed by atoms with E-state index in [4.69, 9.17) is 5.11 Å². The average Bonchev–Trinajstić information content (AvgIpc) is 2.54. The Hall–Kier alpha value is -2.82. The van der Waals surface area contributed by atoms with E-state index < -0.39 is 5.97 Å². The predicted octanol–water partition coefficient (Wildman–Crippen LogP) is 2.66. The summed E-state index contributed by atoms with van der Waals surface area (Å²) in [5.41, 5.74) is 2.58. The van der Waals surface area contributed by atoms with E-state index in [9.17, 15) is 9.59 Å². The Kier molecular flexibility index (Phi) is 5.74. The van der Waals surface area contributed by atoms with Gasteiger partial charge < -0.3 is 15.3 Å². The van der Waals surface area contributed by atoms with Gasteiger partial charge >= 0.3 is 12.0 Å². The molecule has 0 aliphatic heterocycles. The zero-order valence-electron chi connectivity index (χ0n) is 13.0. The molecule has 0 fully saturated rings. The minimum Gasteiger partial charge on any atom is -0.481 e. The number of hydrogen-bond donors (Lipinski definition) is 2. The molecule has 120 valence electrons. The van der Waals surface area contributed by atoms with Crippen LogP contribution in [-0.2, 0) is 24.3 Å². The fraction of sp³-hybridized carbons (Fsp3) is 0.222. The van der Waals surface area contributed by atoms with Crippen molar-refractivity contribution in [2.24, 2.45) is 0 Å². The number of urea groups is 1. The van der Waals surface area contributed by atoms with Gasteiger partial charge in [0.05, 0.1) is 6.42 Å². The molecule has 5 heteroatoms. The molecule has 23 heavy (non-hydrogen) atoms. The minimum absolute atomic E-state index is 0.0497. The second-order valence-corrected chi connectivity index (χ2v) is 5.34. The first kappa shape index (κ1) is 16.5. The smallest absolute Gasteiger partial charge is 0.317 e. The van der Waals surface area contributed by atoms with E-state index >= 15 is 0 Å². The van der Waals surface area contributed by atoms with Gasteiger partial charge in [0, 0.05) is 20.1 Å². The number of carboxylic acids is 1. The van der Waals surface area contributed by atoms with Crippen LogP contribution in [0, 0.1) is 0 Å². The van der Waals surface area contributed by atoms with E-state index in [0.717, 1.165) is 11.1 Å². The molecule has 0 radical (unpaired) electrons. The summed E-state index contributed by atoms with van der Waals surface area (Å²) >= 11 is 0. The summed E-state index contributed by atoms with van der Waals surface area (Å²) in [5, 5.41) is 11.8. The normalized spacial score (nSPS) is 10.1. The van der Waals surface area contributed by atoms with Crippen molar-refractivity contribution in [3.8, 4) is 0 Å². The third-order valence-corrected chi connectivity index (χ3v) is 3.50. The first-order valence-electron chi connectivity index (χ1n) is 7.37. The molecule has 2 N–H and O–H groups in total. The number of carbonyl (C=O) groups is 2. The van der Waals surface area contributed by atoms with Gasteiger partial charge in [-0.2, -0.15) is 0 Å². The summed E-state index contributed by atoms with van der Waals surface area (Å²) in [4.78, 5) is 24.6. The van der Waals surface area contributed by atoms with E-state index in [1.54, 1.807) is 24.1 Å². The number of rotatable bonds is 6. The van der Waals surface area contributed by atoms with Crippen LogP contribution < -0.4 is 5.32 Å². The van der Waals surface area contributed by atoms with Crippen LogP contribution >= 0.6 is 0 Å². The number of aliphatic carboxylic acids is 1. The highest BCUT2D eigenvalue weighted by Gasteiger charge is 2.11. The molecule has 0 bridgehead atoms. The highest BCUT2D eigenvalue weighted by atomic mass is 16.4. The maximum absolute atomic E-state index is 12.2. The van der Waals surface area contributed by atoms with Crippen molar-refractivity contribution in [3.05, 3.63) is 71.3 Å². The molecule has 0 aromatic heterocycles. The Morgan fingerprint density at radius 2 is 1.61 bits per heavy atom. The monoisotopic (exact) mass is 312 g/mol. The topological polar surface area (TPSA) is 69.6 Å². The van der Waals surface area contributed by atoms with Crippen molar-refractivity contribution in [1.82, 2.24) is 10.2 Å². The first-order chi connectivity index (χ1) is 11.1. The highest BCUT2D eigenvalue weighted by molar-refractivity contribution is 5.74. The zero-order chi connectivity index (χ0) is 16.7. The van der Waals surface area contributed by atoms with Crippen molar-refractivity contribution in [3.63, 3.8) is 0 Å². The molecule has 0 unspecified atom stereocenters. The summed E-state index contributed by atoms with van der Waals surface area (Å²) < 4.78 is 0. The van der Waals surface area contributed by atoms with Gasteiger partial charge in [0.15, 0.2) is 0 Å². The summed E-state index contributed by atoms with van der Waals surface area (Å²) in [5.74, 6) is -0.884. The van der Waals surface area contributed by atoms with Crippen molar-refractivity contribution in [2.75, 3.05) is 7.05 Å². The number of nitrogens with one attached hydrogen (secondary N) is 1. The molecule has 0 atom stereocenters. The highest BCUT2D eigenvalue weighted by Crippen LogP contribution is 2.10. The summed E-state index contributed by atoms with van der Waals surface area (Å²) in [6.07, 6.45) is -0.0497. The Labute approximate surface area is 135 Å². The van der Waals surface area contributed by atoms with Crippen LogP contribution in [0.25, 0.3) is 0 Å². The van der Waals surface area contributed by atoms with Gasteiger partial charge in [-0.25, -0.2) is 4.79 Å². The third-order valence-electron chi connectivity index (χ3n) is 3.50. The Balaban J connectivity index is 1.92. The van der Waals surface area contributed by atoms with Gasteiger partial charge in [0.1, 0.15) is 0 Å². The first-order valence-corrected chi connectivity index (χ1v) is 7.37. The Morgan fingerprint density at radius 3 is 2.26 bits per heavy atom. The van der Waals surface area contributed by atoms with Gasteiger partial charge in [-0.15, -0.1) is 0 Å². The lowest BCUT2D eigenvalue weighted by atomic mass is 10.0. The molecule has 0 spiro atoms. The van der Waals surface area contributed by atoms with Crippen LogP contribution in [0.5, 0.6) is 0 Å². The second kappa shape index (κ2) is 7.98. The van der Waals surface area contributed by atoms with E-state index in [0.29, 0.717) is 18.7 Å². The maximum atomic E-state index is 12.2. The summed E-state index contributed by atoms with van der Waals surface area (Å²) in [6, 6.07) is 16.8. The maximum Gasteiger partial charge on any atom is 0.317 e. The van der Waals surface area contributed by atoms with Gasteiger partial charge in [0.2, 0.25) is 0 Å². The van der Waals surface area contributed by atoms with Crippen LogP contribution in [0.4, 0.5) is 4.79 Å². The van der Waals surface area contributed by atoms with Crippen LogP contribution in [0.2, 0.25) is 0 Å². The zero-order valence-corrected chi connectivity index (χ0v) is 13.0. The minimum atomic E-state index is -0.884. The molecule has 5 nitrogen and oxygen atoms in total. The molecule has 2 aromatic rings. The van der Waals surface area contributed by atoms with E-state index in [2.05, 4.69) is 5.32 Å². The number of nitrogens with zero attached hydrogens (tertiary/aromatic N) is 1. The van der Waals surface area contributed by atoms with Gasteiger partial charge in [-0.3, -0.25) is 4.79 Å². The number of amides is 2. The van der Waals surface area contributed by atoms with Crippen molar-refractivity contribution in [1.29, 1.82) is 0 Å². The molecule has 0 aliphatic rings. The Bertz CT molecular complexity index is 671. The molecule has 2 amide bonds. The van der Waals surface area contributed by atoms with Crippen molar-refractivity contribution >= 4 is 12.0 Å². The molecule has 0 saturated carbocycles. The van der Waals surface area contributed by atoms with Crippen LogP contribution in [0.1, 0.15) is 16.7 Å².